The maximum atomic E-state index is 10.9. The SMILES string of the molecule is OC[C@H]1O[C@@H](OC[C@H]2O[C@@H](O[C@@H]3[C@@H](O)[C@H](OC[C@H]4O[C@@H](O)[C@H](O)[C@@H](O)[C@@H]4O)O[C@H](CO)[C@H]3O)[C@H](O)[C@@H](O)[C@@H]2O)[C@H](O)[C@@H](O)[C@@H]1O. The first-order chi connectivity index (χ1) is 21.2. The van der Waals surface area contributed by atoms with Crippen LogP contribution in [-0.4, -0.2) is 221 Å². The highest BCUT2D eigenvalue weighted by molar-refractivity contribution is 4.95. The summed E-state index contributed by atoms with van der Waals surface area (Å²) < 4.78 is 37.4. The Bertz CT molecular complexity index is 916. The van der Waals surface area contributed by atoms with Gasteiger partial charge in [-0.25, -0.2) is 0 Å². The van der Waals surface area contributed by atoms with Gasteiger partial charge < -0.3 is 105 Å². The molecular formula is C24H42O21. The monoisotopic (exact) mass is 666 g/mol. The molecule has 14 N–H and O–H groups in total. The molecule has 4 rings (SSSR count). The number of aliphatic hydroxyl groups excluding tert-OH is 14. The van der Waals surface area contributed by atoms with Crippen molar-refractivity contribution >= 4 is 0 Å². The van der Waals surface area contributed by atoms with Crippen molar-refractivity contribution in [2.24, 2.45) is 0 Å². The van der Waals surface area contributed by atoms with E-state index in [0.29, 0.717) is 0 Å². The van der Waals surface area contributed by atoms with Crippen LogP contribution < -0.4 is 0 Å². The number of rotatable bonds is 10. The third-order valence-corrected chi connectivity index (χ3v) is 8.17. The van der Waals surface area contributed by atoms with Crippen LogP contribution in [0.15, 0.2) is 0 Å². The largest absolute Gasteiger partial charge is 0.394 e. The molecule has 21 heteroatoms. The smallest absolute Gasteiger partial charge is 0.187 e. The van der Waals surface area contributed by atoms with Crippen LogP contribution in [0, 0.1) is 0 Å². The minimum atomic E-state index is -1.99. The van der Waals surface area contributed by atoms with Gasteiger partial charge in [0.05, 0.1) is 26.4 Å². The van der Waals surface area contributed by atoms with Crippen LogP contribution >= 0.6 is 0 Å². The molecule has 0 radical (unpaired) electrons. The molecule has 20 atom stereocenters. The van der Waals surface area contributed by atoms with E-state index in [0.717, 1.165) is 0 Å². The summed E-state index contributed by atoms with van der Waals surface area (Å²) in [4.78, 5) is 0. The van der Waals surface area contributed by atoms with Crippen LogP contribution in [0.1, 0.15) is 0 Å². The predicted molar refractivity (Wildman–Crippen MR) is 134 cm³/mol. The summed E-state index contributed by atoms with van der Waals surface area (Å²) >= 11 is 0. The van der Waals surface area contributed by atoms with Crippen molar-refractivity contribution in [1.82, 2.24) is 0 Å². The lowest BCUT2D eigenvalue weighted by atomic mass is 9.96. The second kappa shape index (κ2) is 15.6. The fraction of sp³-hybridized carbons (Fsp3) is 1.00. The fourth-order valence-corrected chi connectivity index (χ4v) is 5.33. The van der Waals surface area contributed by atoms with E-state index in [2.05, 4.69) is 0 Å². The van der Waals surface area contributed by atoms with Gasteiger partial charge in [0.2, 0.25) is 0 Å². The van der Waals surface area contributed by atoms with E-state index < -0.39 is 149 Å². The Balaban J connectivity index is 1.41. The fourth-order valence-electron chi connectivity index (χ4n) is 5.33. The summed E-state index contributed by atoms with van der Waals surface area (Å²) in [5.41, 5.74) is 0. The van der Waals surface area contributed by atoms with E-state index in [9.17, 15) is 71.5 Å². The van der Waals surface area contributed by atoms with Crippen molar-refractivity contribution in [2.45, 2.75) is 123 Å². The topological polar surface area (TPSA) is 348 Å². The summed E-state index contributed by atoms with van der Waals surface area (Å²) in [7, 11) is 0. The molecule has 0 spiro atoms. The number of aliphatic hydroxyl groups is 14. The number of ether oxygens (including phenoxy) is 7. The van der Waals surface area contributed by atoms with Crippen LogP contribution in [0.25, 0.3) is 0 Å². The molecule has 264 valence electrons. The van der Waals surface area contributed by atoms with Gasteiger partial charge in [-0.15, -0.1) is 0 Å². The second-order valence-electron chi connectivity index (χ2n) is 11.2. The number of hydrogen-bond acceptors (Lipinski definition) is 21. The van der Waals surface area contributed by atoms with E-state index >= 15 is 0 Å². The minimum absolute atomic E-state index is 0.657. The van der Waals surface area contributed by atoms with Gasteiger partial charge in [0, 0.05) is 0 Å². The Kier molecular flexibility index (Phi) is 12.8. The Morgan fingerprint density at radius 1 is 0.378 bits per heavy atom. The average molecular weight is 667 g/mol. The van der Waals surface area contributed by atoms with Gasteiger partial charge in [-0.3, -0.25) is 0 Å². The Labute approximate surface area is 254 Å². The molecule has 0 aromatic rings. The normalized spacial score (nSPS) is 52.9. The summed E-state index contributed by atoms with van der Waals surface area (Å²) in [6.45, 7) is -2.93. The van der Waals surface area contributed by atoms with Crippen LogP contribution in [0.5, 0.6) is 0 Å². The highest BCUT2D eigenvalue weighted by atomic mass is 16.8. The van der Waals surface area contributed by atoms with Crippen molar-refractivity contribution in [1.29, 1.82) is 0 Å². The molecule has 0 aromatic carbocycles. The summed E-state index contributed by atoms with van der Waals surface area (Å²) in [6.07, 6.45) is -34.8. The number of hydrogen-bond donors (Lipinski definition) is 14. The molecule has 0 unspecified atom stereocenters. The van der Waals surface area contributed by atoms with E-state index in [1.54, 1.807) is 0 Å². The zero-order valence-electron chi connectivity index (χ0n) is 23.5. The molecule has 4 saturated heterocycles. The zero-order chi connectivity index (χ0) is 33.3. The third kappa shape index (κ3) is 7.75. The molecule has 0 saturated carbocycles. The average Bonchev–Trinajstić information content (AvgIpc) is 3.02. The molecule has 4 aliphatic rings. The first-order valence-electron chi connectivity index (χ1n) is 14.1. The first kappa shape index (κ1) is 37.0. The maximum Gasteiger partial charge on any atom is 0.187 e. The van der Waals surface area contributed by atoms with Crippen molar-refractivity contribution in [2.75, 3.05) is 26.4 Å². The highest BCUT2D eigenvalue weighted by Crippen LogP contribution is 2.31. The van der Waals surface area contributed by atoms with E-state index in [1.807, 2.05) is 0 Å². The highest BCUT2D eigenvalue weighted by Gasteiger charge is 2.52. The standard InChI is InChI=1S/C24H42O21/c25-1-5-9(27)14(32)17(35)22(42-5)39-4-8-11(29)15(33)18(36)24(44-8)45-20-12(30)6(2-26)43-23(19(20)37)40-3-7-10(28)13(31)16(34)21(38)41-7/h5-38H,1-4H2/t5-,6-,7-,8-,9-,10-,11-,12-,13+,14+,15+,16-,17-,18-,19-,20+,21-,22-,23-,24+/m1/s1. The molecule has 0 aliphatic carbocycles. The van der Waals surface area contributed by atoms with E-state index in [-0.39, 0.29) is 0 Å². The lowest BCUT2D eigenvalue weighted by Crippen LogP contribution is -2.65. The Hall–Kier alpha value is -0.840. The van der Waals surface area contributed by atoms with Gasteiger partial charge in [0.15, 0.2) is 25.2 Å². The van der Waals surface area contributed by atoms with Crippen LogP contribution in [0.2, 0.25) is 0 Å². The summed E-state index contributed by atoms with van der Waals surface area (Å²) in [5.74, 6) is 0. The van der Waals surface area contributed by atoms with E-state index in [4.69, 9.17) is 33.2 Å². The first-order valence-corrected chi connectivity index (χ1v) is 14.1. The van der Waals surface area contributed by atoms with Gasteiger partial charge in [0.1, 0.15) is 97.7 Å². The molecule has 45 heavy (non-hydrogen) atoms. The second-order valence-corrected chi connectivity index (χ2v) is 11.2. The Morgan fingerprint density at radius 3 is 1.31 bits per heavy atom. The molecule has 4 heterocycles. The lowest BCUT2D eigenvalue weighted by molar-refractivity contribution is -0.369. The van der Waals surface area contributed by atoms with Crippen molar-refractivity contribution in [3.05, 3.63) is 0 Å². The minimum Gasteiger partial charge on any atom is -0.394 e. The van der Waals surface area contributed by atoms with Gasteiger partial charge in [-0.05, 0) is 0 Å². The van der Waals surface area contributed by atoms with Gasteiger partial charge in [0.25, 0.3) is 0 Å². The lowest BCUT2D eigenvalue weighted by Gasteiger charge is -2.46. The van der Waals surface area contributed by atoms with Crippen LogP contribution in [0.4, 0.5) is 0 Å². The summed E-state index contributed by atoms with van der Waals surface area (Å²) in [5, 5.41) is 142. The maximum absolute atomic E-state index is 10.9. The van der Waals surface area contributed by atoms with Crippen molar-refractivity contribution in [3.63, 3.8) is 0 Å². The summed E-state index contributed by atoms with van der Waals surface area (Å²) in [6, 6.07) is 0. The third-order valence-electron chi connectivity index (χ3n) is 8.17. The molecule has 4 fully saturated rings. The molecule has 0 bridgehead atoms. The van der Waals surface area contributed by atoms with Gasteiger partial charge in [-0.2, -0.15) is 0 Å². The Morgan fingerprint density at radius 2 is 0.778 bits per heavy atom. The predicted octanol–water partition coefficient (Wildman–Crippen LogP) is -9.75. The van der Waals surface area contributed by atoms with E-state index in [1.165, 1.54) is 0 Å². The molecular weight excluding hydrogens is 624 g/mol. The van der Waals surface area contributed by atoms with Crippen LogP contribution in [-0.2, 0) is 33.2 Å². The molecule has 0 aromatic heterocycles. The molecule has 4 aliphatic heterocycles. The molecule has 21 nitrogen and oxygen atoms in total. The van der Waals surface area contributed by atoms with Crippen LogP contribution in [0.3, 0.4) is 0 Å². The molecule has 0 amide bonds. The van der Waals surface area contributed by atoms with Gasteiger partial charge >= 0.3 is 0 Å². The van der Waals surface area contributed by atoms with Crippen molar-refractivity contribution < 1.29 is 105 Å². The van der Waals surface area contributed by atoms with Crippen molar-refractivity contribution in [3.8, 4) is 0 Å². The van der Waals surface area contributed by atoms with Gasteiger partial charge in [-0.1, -0.05) is 0 Å². The zero-order valence-corrected chi connectivity index (χ0v) is 23.5. The quantitative estimate of drug-likeness (QED) is 0.103.